The molecule has 92 valence electrons. The third-order valence-electron chi connectivity index (χ3n) is 2.82. The molecule has 0 fully saturated rings. The van der Waals surface area contributed by atoms with E-state index in [0.29, 0.717) is 24.5 Å². The van der Waals surface area contributed by atoms with Crippen LogP contribution in [0.1, 0.15) is 41.5 Å². The Labute approximate surface area is 94.6 Å². The Hall–Kier alpha value is -0.120. The van der Waals surface area contributed by atoms with Gasteiger partial charge in [0.1, 0.15) is 0 Å². The van der Waals surface area contributed by atoms with Gasteiger partial charge in [-0.1, -0.05) is 27.7 Å². The number of rotatable bonds is 7. The van der Waals surface area contributed by atoms with Gasteiger partial charge in [0.2, 0.25) is 0 Å². The minimum absolute atomic E-state index is 0.136. The highest BCUT2D eigenvalue weighted by molar-refractivity contribution is 4.76. The zero-order valence-corrected chi connectivity index (χ0v) is 11.0. The second-order valence-electron chi connectivity index (χ2n) is 5.12. The SMILES string of the molecule is CC(C)NC(C)C(O)CNC(C)C(C)C. The van der Waals surface area contributed by atoms with E-state index in [9.17, 15) is 5.11 Å². The molecule has 0 aliphatic rings. The highest BCUT2D eigenvalue weighted by Gasteiger charge is 2.16. The first-order chi connectivity index (χ1) is 6.84. The number of nitrogens with one attached hydrogen (secondary N) is 2. The minimum atomic E-state index is -0.325. The maximum Gasteiger partial charge on any atom is 0.0814 e. The monoisotopic (exact) mass is 216 g/mol. The van der Waals surface area contributed by atoms with Gasteiger partial charge in [0.15, 0.2) is 0 Å². The molecule has 3 unspecified atom stereocenters. The van der Waals surface area contributed by atoms with Crippen LogP contribution < -0.4 is 10.6 Å². The molecule has 0 aliphatic heterocycles. The van der Waals surface area contributed by atoms with Crippen molar-refractivity contribution in [3.05, 3.63) is 0 Å². The molecule has 0 heterocycles. The van der Waals surface area contributed by atoms with Crippen LogP contribution in [0.15, 0.2) is 0 Å². The molecule has 0 radical (unpaired) electrons. The number of aliphatic hydroxyl groups is 1. The third kappa shape index (κ3) is 6.88. The molecular weight excluding hydrogens is 188 g/mol. The van der Waals surface area contributed by atoms with Crippen molar-refractivity contribution in [2.24, 2.45) is 5.92 Å². The zero-order chi connectivity index (χ0) is 12.0. The Bertz CT molecular complexity index is 160. The summed E-state index contributed by atoms with van der Waals surface area (Å²) >= 11 is 0. The van der Waals surface area contributed by atoms with E-state index in [1.54, 1.807) is 0 Å². The number of aliphatic hydroxyl groups excluding tert-OH is 1. The lowest BCUT2D eigenvalue weighted by Crippen LogP contribution is -2.47. The number of hydrogen-bond acceptors (Lipinski definition) is 3. The Balaban J connectivity index is 3.77. The van der Waals surface area contributed by atoms with Gasteiger partial charge in [0.05, 0.1) is 6.10 Å². The van der Waals surface area contributed by atoms with Crippen molar-refractivity contribution in [3.63, 3.8) is 0 Å². The maximum absolute atomic E-state index is 9.87. The first-order valence-electron chi connectivity index (χ1n) is 6.02. The first kappa shape index (κ1) is 14.9. The van der Waals surface area contributed by atoms with Gasteiger partial charge in [0, 0.05) is 24.7 Å². The molecule has 3 nitrogen and oxygen atoms in total. The second kappa shape index (κ2) is 7.20. The molecule has 0 aromatic rings. The quantitative estimate of drug-likeness (QED) is 0.602. The second-order valence-corrected chi connectivity index (χ2v) is 5.12. The molecule has 0 aliphatic carbocycles. The predicted molar refractivity (Wildman–Crippen MR) is 66.0 cm³/mol. The van der Waals surface area contributed by atoms with Crippen molar-refractivity contribution in [1.82, 2.24) is 10.6 Å². The Kier molecular flexibility index (Phi) is 7.14. The number of hydrogen-bond donors (Lipinski definition) is 3. The molecule has 3 atom stereocenters. The van der Waals surface area contributed by atoms with Gasteiger partial charge in [-0.25, -0.2) is 0 Å². The minimum Gasteiger partial charge on any atom is -0.390 e. The summed E-state index contributed by atoms with van der Waals surface area (Å²) in [6, 6.07) is 1.000. The molecule has 0 saturated heterocycles. The summed E-state index contributed by atoms with van der Waals surface area (Å²) in [6.45, 7) is 13.4. The molecule has 0 aromatic carbocycles. The summed E-state index contributed by atoms with van der Waals surface area (Å²) in [5.74, 6) is 0.602. The molecule has 3 heteroatoms. The van der Waals surface area contributed by atoms with E-state index in [-0.39, 0.29) is 12.1 Å². The fraction of sp³-hybridized carbons (Fsp3) is 1.00. The Morgan fingerprint density at radius 3 is 1.87 bits per heavy atom. The van der Waals surface area contributed by atoms with E-state index in [2.05, 4.69) is 45.3 Å². The van der Waals surface area contributed by atoms with Crippen LogP contribution in [-0.2, 0) is 0 Å². The first-order valence-corrected chi connectivity index (χ1v) is 6.02. The van der Waals surface area contributed by atoms with Crippen LogP contribution in [0, 0.1) is 5.92 Å². The normalized spacial score (nSPS) is 18.2. The van der Waals surface area contributed by atoms with Crippen LogP contribution in [0.4, 0.5) is 0 Å². The molecule has 15 heavy (non-hydrogen) atoms. The van der Waals surface area contributed by atoms with Crippen molar-refractivity contribution < 1.29 is 5.11 Å². The van der Waals surface area contributed by atoms with E-state index in [4.69, 9.17) is 0 Å². The van der Waals surface area contributed by atoms with Crippen molar-refractivity contribution >= 4 is 0 Å². The molecule has 0 aromatic heterocycles. The van der Waals surface area contributed by atoms with Crippen molar-refractivity contribution in [1.29, 1.82) is 0 Å². The van der Waals surface area contributed by atoms with Gasteiger partial charge in [-0.3, -0.25) is 0 Å². The highest BCUT2D eigenvalue weighted by Crippen LogP contribution is 2.01. The van der Waals surface area contributed by atoms with E-state index < -0.39 is 0 Å². The summed E-state index contributed by atoms with van der Waals surface area (Å²) in [5, 5.41) is 16.5. The van der Waals surface area contributed by atoms with E-state index in [1.807, 2.05) is 6.92 Å². The van der Waals surface area contributed by atoms with Crippen LogP contribution in [-0.4, -0.2) is 35.9 Å². The molecule has 0 amide bonds. The average molecular weight is 216 g/mol. The lowest BCUT2D eigenvalue weighted by atomic mass is 10.1. The average Bonchev–Trinajstić information content (AvgIpc) is 2.12. The van der Waals surface area contributed by atoms with Crippen LogP contribution in [0.2, 0.25) is 0 Å². The Morgan fingerprint density at radius 2 is 1.47 bits per heavy atom. The fourth-order valence-corrected chi connectivity index (χ4v) is 1.36. The molecule has 3 N–H and O–H groups in total. The summed E-state index contributed by atoms with van der Waals surface area (Å²) < 4.78 is 0. The molecule has 0 rings (SSSR count). The fourth-order valence-electron chi connectivity index (χ4n) is 1.36. The summed E-state index contributed by atoms with van der Waals surface area (Å²) in [4.78, 5) is 0. The van der Waals surface area contributed by atoms with Crippen molar-refractivity contribution in [3.8, 4) is 0 Å². The lowest BCUT2D eigenvalue weighted by molar-refractivity contribution is 0.123. The van der Waals surface area contributed by atoms with E-state index >= 15 is 0 Å². The zero-order valence-electron chi connectivity index (χ0n) is 11.0. The van der Waals surface area contributed by atoms with Gasteiger partial charge in [-0.2, -0.15) is 0 Å². The Morgan fingerprint density at radius 1 is 0.933 bits per heavy atom. The van der Waals surface area contributed by atoms with Crippen LogP contribution >= 0.6 is 0 Å². The standard InChI is InChI=1S/C12H28N2O/c1-8(2)10(5)13-7-12(15)11(6)14-9(3)4/h8-15H,7H2,1-6H3. The van der Waals surface area contributed by atoms with Gasteiger partial charge in [-0.05, 0) is 19.8 Å². The largest absolute Gasteiger partial charge is 0.390 e. The van der Waals surface area contributed by atoms with Crippen LogP contribution in [0.5, 0.6) is 0 Å². The van der Waals surface area contributed by atoms with Crippen LogP contribution in [0.3, 0.4) is 0 Å². The lowest BCUT2D eigenvalue weighted by Gasteiger charge is -2.25. The van der Waals surface area contributed by atoms with Crippen molar-refractivity contribution in [2.75, 3.05) is 6.54 Å². The third-order valence-corrected chi connectivity index (χ3v) is 2.82. The molecule has 0 spiro atoms. The topological polar surface area (TPSA) is 44.3 Å². The van der Waals surface area contributed by atoms with Crippen molar-refractivity contribution in [2.45, 2.75) is 65.8 Å². The summed E-state index contributed by atoms with van der Waals surface area (Å²) in [6.07, 6.45) is -0.325. The van der Waals surface area contributed by atoms with Gasteiger partial charge >= 0.3 is 0 Å². The maximum atomic E-state index is 9.87. The molecule has 0 bridgehead atoms. The van der Waals surface area contributed by atoms with Gasteiger partial charge < -0.3 is 15.7 Å². The highest BCUT2D eigenvalue weighted by atomic mass is 16.3. The smallest absolute Gasteiger partial charge is 0.0814 e. The van der Waals surface area contributed by atoms with E-state index in [0.717, 1.165) is 0 Å². The van der Waals surface area contributed by atoms with Crippen LogP contribution in [0.25, 0.3) is 0 Å². The molecular formula is C12H28N2O. The van der Waals surface area contributed by atoms with Gasteiger partial charge in [-0.15, -0.1) is 0 Å². The molecule has 0 saturated carbocycles. The predicted octanol–water partition coefficient (Wildman–Crippen LogP) is 1.37. The van der Waals surface area contributed by atoms with Gasteiger partial charge in [0.25, 0.3) is 0 Å². The summed E-state index contributed by atoms with van der Waals surface area (Å²) in [7, 11) is 0. The summed E-state index contributed by atoms with van der Waals surface area (Å²) in [5.41, 5.74) is 0. The van der Waals surface area contributed by atoms with E-state index in [1.165, 1.54) is 0 Å².